The monoisotopic (exact) mass is 584 g/mol. The molecule has 3 rings (SSSR count). The van der Waals surface area contributed by atoms with E-state index in [0.29, 0.717) is 0 Å². The molecule has 15 atom stereocenters. The summed E-state index contributed by atoms with van der Waals surface area (Å²) in [6.45, 7) is -2.69. The normalized spacial score (nSPS) is 48.7. The van der Waals surface area contributed by atoms with Crippen LogP contribution < -0.4 is 0 Å². The van der Waals surface area contributed by atoms with Crippen LogP contribution in [0.5, 0.6) is 0 Å². The van der Waals surface area contributed by atoms with Crippen molar-refractivity contribution >= 4 is 7.82 Å². The van der Waals surface area contributed by atoms with Crippen molar-refractivity contribution in [2.45, 2.75) is 92.1 Å². The van der Waals surface area contributed by atoms with Gasteiger partial charge in [-0.15, -0.1) is 0 Å². The first kappa shape index (κ1) is 32.0. The number of aliphatic hydroxyl groups excluding tert-OH is 10. The molecule has 1 unspecified atom stereocenters. The molecular weight excluding hydrogens is 551 g/mol. The third-order valence-corrected chi connectivity index (χ3v) is 6.80. The van der Waals surface area contributed by atoms with Gasteiger partial charge in [-0.3, -0.25) is 4.52 Å². The van der Waals surface area contributed by atoms with Gasteiger partial charge < -0.3 is 84.5 Å². The highest BCUT2D eigenvalue weighted by Gasteiger charge is 2.53. The molecule has 12 N–H and O–H groups in total. The molecule has 19 nitrogen and oxygen atoms in total. The molecule has 0 aromatic heterocycles. The van der Waals surface area contributed by atoms with E-state index < -0.39 is 120 Å². The van der Waals surface area contributed by atoms with E-state index >= 15 is 0 Å². The zero-order chi connectivity index (χ0) is 28.5. The molecule has 224 valence electrons. The molecular formula is C18H33O19P. The number of hydrogen-bond donors (Lipinski definition) is 12. The average molecular weight is 584 g/mol. The Morgan fingerprint density at radius 1 is 0.579 bits per heavy atom. The summed E-state index contributed by atoms with van der Waals surface area (Å²) in [6.07, 6.45) is -27.3. The number of hydrogen-bond acceptors (Lipinski definition) is 17. The third kappa shape index (κ3) is 7.04. The lowest BCUT2D eigenvalue weighted by Gasteiger charge is -2.48. The summed E-state index contributed by atoms with van der Waals surface area (Å²) < 4.78 is 42.1. The second-order valence-corrected chi connectivity index (χ2v) is 10.2. The molecule has 3 fully saturated rings. The van der Waals surface area contributed by atoms with Gasteiger partial charge in [0.05, 0.1) is 19.8 Å². The van der Waals surface area contributed by atoms with Crippen molar-refractivity contribution in [2.24, 2.45) is 0 Å². The second kappa shape index (κ2) is 13.0. The quantitative estimate of drug-likeness (QED) is 0.112. The van der Waals surface area contributed by atoms with Gasteiger partial charge in [-0.2, -0.15) is 0 Å². The van der Waals surface area contributed by atoms with E-state index in [9.17, 15) is 55.6 Å². The van der Waals surface area contributed by atoms with Gasteiger partial charge >= 0.3 is 7.82 Å². The number of aliphatic hydroxyl groups is 10. The first-order valence-electron chi connectivity index (χ1n) is 11.3. The molecule has 38 heavy (non-hydrogen) atoms. The van der Waals surface area contributed by atoms with Crippen LogP contribution in [0.2, 0.25) is 0 Å². The Bertz CT molecular complexity index is 796. The molecule has 0 amide bonds. The van der Waals surface area contributed by atoms with Gasteiger partial charge in [-0.1, -0.05) is 0 Å². The van der Waals surface area contributed by atoms with E-state index in [1.165, 1.54) is 0 Å². The van der Waals surface area contributed by atoms with E-state index in [0.717, 1.165) is 0 Å². The van der Waals surface area contributed by atoms with Crippen LogP contribution in [-0.2, 0) is 32.8 Å². The fourth-order valence-corrected chi connectivity index (χ4v) is 4.56. The zero-order valence-corrected chi connectivity index (χ0v) is 20.3. The first-order valence-corrected chi connectivity index (χ1v) is 12.9. The summed E-state index contributed by atoms with van der Waals surface area (Å²) in [6, 6.07) is 0. The third-order valence-electron chi connectivity index (χ3n) is 6.32. The largest absolute Gasteiger partial charge is 0.469 e. The maximum Gasteiger partial charge on any atom is 0.469 e. The Balaban J connectivity index is 1.81. The lowest BCUT2D eigenvalue weighted by atomic mass is 9.96. The molecule has 3 saturated heterocycles. The van der Waals surface area contributed by atoms with Crippen LogP contribution in [-0.4, -0.2) is 173 Å². The molecule has 0 aromatic carbocycles. The molecule has 3 aliphatic rings. The molecule has 3 heterocycles. The van der Waals surface area contributed by atoms with Crippen molar-refractivity contribution in [1.29, 1.82) is 0 Å². The maximum atomic E-state index is 11.3. The highest BCUT2D eigenvalue weighted by atomic mass is 31.2. The van der Waals surface area contributed by atoms with Crippen LogP contribution in [0.1, 0.15) is 0 Å². The number of ether oxygens (including phenoxy) is 5. The maximum absolute atomic E-state index is 11.3. The van der Waals surface area contributed by atoms with Gasteiger partial charge in [0.2, 0.25) is 0 Å². The fourth-order valence-electron chi connectivity index (χ4n) is 4.22. The lowest BCUT2D eigenvalue weighted by molar-refractivity contribution is -0.377. The average Bonchev–Trinajstić information content (AvgIpc) is 2.86. The van der Waals surface area contributed by atoms with Gasteiger partial charge in [0.1, 0.15) is 73.2 Å². The van der Waals surface area contributed by atoms with Crippen molar-refractivity contribution in [3.05, 3.63) is 0 Å². The molecule has 0 aromatic rings. The lowest BCUT2D eigenvalue weighted by Crippen LogP contribution is -2.66. The van der Waals surface area contributed by atoms with Crippen LogP contribution in [0.15, 0.2) is 0 Å². The molecule has 0 saturated carbocycles. The van der Waals surface area contributed by atoms with Crippen LogP contribution in [0.25, 0.3) is 0 Å². The van der Waals surface area contributed by atoms with Crippen LogP contribution >= 0.6 is 7.82 Å². The second-order valence-electron chi connectivity index (χ2n) is 8.94. The summed E-state index contributed by atoms with van der Waals surface area (Å²) in [4.78, 5) is 18.2. The Kier molecular flexibility index (Phi) is 11.0. The van der Waals surface area contributed by atoms with Crippen molar-refractivity contribution in [1.82, 2.24) is 0 Å². The predicted molar refractivity (Wildman–Crippen MR) is 112 cm³/mol. The Morgan fingerprint density at radius 2 is 1.05 bits per heavy atom. The van der Waals surface area contributed by atoms with Crippen molar-refractivity contribution in [3.8, 4) is 0 Å². The molecule has 0 radical (unpaired) electrons. The smallest absolute Gasteiger partial charge is 0.394 e. The summed E-state index contributed by atoms with van der Waals surface area (Å²) in [5.74, 6) is 0. The summed E-state index contributed by atoms with van der Waals surface area (Å²) in [5.41, 5.74) is 0. The highest BCUT2D eigenvalue weighted by molar-refractivity contribution is 7.46. The number of phosphoric acid groups is 1. The predicted octanol–water partition coefficient (Wildman–Crippen LogP) is -7.46. The van der Waals surface area contributed by atoms with Gasteiger partial charge in [0.25, 0.3) is 0 Å². The van der Waals surface area contributed by atoms with E-state index in [2.05, 4.69) is 4.52 Å². The minimum absolute atomic E-state index is 0.823. The Hall–Kier alpha value is -0.490. The molecule has 0 spiro atoms. The molecule has 0 bridgehead atoms. The van der Waals surface area contributed by atoms with Crippen molar-refractivity contribution < 1.29 is 93.6 Å². The topological polar surface area (TPSA) is 315 Å². The first-order chi connectivity index (χ1) is 17.7. The van der Waals surface area contributed by atoms with Gasteiger partial charge in [0, 0.05) is 0 Å². The fraction of sp³-hybridized carbons (Fsp3) is 1.00. The minimum atomic E-state index is -5.14. The van der Waals surface area contributed by atoms with E-state index in [1.807, 2.05) is 0 Å². The minimum Gasteiger partial charge on any atom is -0.394 e. The van der Waals surface area contributed by atoms with Crippen LogP contribution in [0.4, 0.5) is 0 Å². The van der Waals surface area contributed by atoms with Gasteiger partial charge in [-0.05, 0) is 0 Å². The van der Waals surface area contributed by atoms with E-state index in [4.69, 9.17) is 33.5 Å². The SMILES string of the molecule is O=P(O)(O)OC[C@H]1O[C@H](O[C@H]2[C@H](O)[C@@H](O)C(O)O[C@@H]2CO)[C@H](O)[C@@H](O)[C@@H]1O[C@H]1O[C@H](CO)[C@@H](O)[C@H](O)[C@H]1O. The van der Waals surface area contributed by atoms with Crippen molar-refractivity contribution in [3.63, 3.8) is 0 Å². The number of phosphoric ester groups is 1. The zero-order valence-electron chi connectivity index (χ0n) is 19.5. The van der Waals surface area contributed by atoms with Crippen molar-refractivity contribution in [2.75, 3.05) is 19.8 Å². The van der Waals surface area contributed by atoms with Crippen LogP contribution in [0, 0.1) is 0 Å². The summed E-state index contributed by atoms with van der Waals surface area (Å²) in [5, 5.41) is 100. The standard InChI is InChI=1S/C18H33O19P/c19-1-4-7(21)8(22)12(26)17(34-4)37-15-6(3-32-38(29,30)31)35-18(13(27)10(15)24)36-14-5(2-20)33-16(28)11(25)9(14)23/h4-28H,1-3H2,(H2,29,30,31)/t4-,5-,6-,7-,8+,9-,10-,11-,12-,13-,14-,15-,16?,17-,18-/m1/s1. The molecule has 0 aliphatic carbocycles. The van der Waals surface area contributed by atoms with Gasteiger partial charge in [-0.25, -0.2) is 4.57 Å². The Labute approximate surface area is 214 Å². The summed E-state index contributed by atoms with van der Waals surface area (Å²) >= 11 is 0. The molecule has 20 heteroatoms. The van der Waals surface area contributed by atoms with E-state index in [-0.39, 0.29) is 0 Å². The Morgan fingerprint density at radius 3 is 1.58 bits per heavy atom. The van der Waals surface area contributed by atoms with Crippen LogP contribution in [0.3, 0.4) is 0 Å². The van der Waals surface area contributed by atoms with Gasteiger partial charge in [0.15, 0.2) is 18.9 Å². The van der Waals surface area contributed by atoms with E-state index in [1.54, 1.807) is 0 Å². The number of rotatable bonds is 9. The summed E-state index contributed by atoms with van der Waals surface area (Å²) in [7, 11) is -5.14. The highest BCUT2D eigenvalue weighted by Crippen LogP contribution is 2.38. The molecule has 3 aliphatic heterocycles.